The lowest BCUT2D eigenvalue weighted by atomic mass is 10.0. The second-order valence-electron chi connectivity index (χ2n) is 6.47. The molecule has 3 rings (SSSR count). The minimum absolute atomic E-state index is 0.100. The summed E-state index contributed by atoms with van der Waals surface area (Å²) in [5.74, 6) is 0. The largest absolute Gasteiger partial charge is 0.309 e. The number of aromatic nitrogens is 1. The van der Waals surface area contributed by atoms with E-state index in [1.165, 1.54) is 17.4 Å². The molecule has 1 aromatic carbocycles. The van der Waals surface area contributed by atoms with E-state index in [2.05, 4.69) is 29.0 Å². The maximum atomic E-state index is 10.9. The van der Waals surface area contributed by atoms with Crippen molar-refractivity contribution in [2.45, 2.75) is 25.9 Å². The molecule has 0 spiro atoms. The number of benzene rings is 1. The van der Waals surface area contributed by atoms with Crippen molar-refractivity contribution >= 4 is 17.0 Å². The summed E-state index contributed by atoms with van der Waals surface area (Å²) in [6.07, 6.45) is 0. The highest BCUT2D eigenvalue weighted by Gasteiger charge is 2.26. The Hall–Kier alpha value is -1.83. The number of nitrogens with zero attached hydrogens (tertiary/aromatic N) is 3. The number of hydrogen-bond donors (Lipinski definition) is 1. The molecular formula is C16H20N4O2S. The standard InChI is InChI=1S/C16H20N4O2S/c1-16(2)11-19(7-6-17-16)9-13-10-23-15(18-13)12-4-3-5-14(8-12)20(21)22/h3-5,8,10,17H,6-7,9,11H2,1-2H3. The van der Waals surface area contributed by atoms with Crippen molar-refractivity contribution in [2.75, 3.05) is 19.6 Å². The van der Waals surface area contributed by atoms with Gasteiger partial charge in [-0.15, -0.1) is 11.3 Å². The molecule has 1 fully saturated rings. The lowest BCUT2D eigenvalue weighted by molar-refractivity contribution is -0.384. The molecule has 2 heterocycles. The van der Waals surface area contributed by atoms with Crippen LogP contribution in [-0.4, -0.2) is 40.0 Å². The van der Waals surface area contributed by atoms with Crippen molar-refractivity contribution in [3.8, 4) is 10.6 Å². The van der Waals surface area contributed by atoms with E-state index in [1.54, 1.807) is 12.1 Å². The number of thiazole rings is 1. The molecule has 1 aromatic heterocycles. The van der Waals surface area contributed by atoms with E-state index in [-0.39, 0.29) is 16.1 Å². The van der Waals surface area contributed by atoms with Crippen LogP contribution in [0.25, 0.3) is 10.6 Å². The van der Waals surface area contributed by atoms with Gasteiger partial charge in [-0.2, -0.15) is 0 Å². The smallest absolute Gasteiger partial charge is 0.270 e. The van der Waals surface area contributed by atoms with Crippen LogP contribution >= 0.6 is 11.3 Å². The number of piperazine rings is 1. The number of nitro groups is 1. The van der Waals surface area contributed by atoms with Crippen LogP contribution in [0.1, 0.15) is 19.5 Å². The van der Waals surface area contributed by atoms with E-state index in [4.69, 9.17) is 0 Å². The lowest BCUT2D eigenvalue weighted by Gasteiger charge is -2.38. The Bertz CT molecular complexity index is 714. The number of hydrogen-bond acceptors (Lipinski definition) is 6. The topological polar surface area (TPSA) is 71.3 Å². The third-order valence-electron chi connectivity index (χ3n) is 3.89. The van der Waals surface area contributed by atoms with Gasteiger partial charge >= 0.3 is 0 Å². The van der Waals surface area contributed by atoms with Gasteiger partial charge < -0.3 is 5.32 Å². The summed E-state index contributed by atoms with van der Waals surface area (Å²) in [4.78, 5) is 17.6. The molecule has 0 atom stereocenters. The Morgan fingerprint density at radius 3 is 3.04 bits per heavy atom. The Kier molecular flexibility index (Phi) is 4.43. The van der Waals surface area contributed by atoms with Gasteiger partial charge in [0.1, 0.15) is 5.01 Å². The highest BCUT2D eigenvalue weighted by Crippen LogP contribution is 2.27. The fourth-order valence-corrected chi connectivity index (χ4v) is 3.68. The first-order valence-electron chi connectivity index (χ1n) is 7.60. The summed E-state index contributed by atoms with van der Waals surface area (Å²) >= 11 is 1.54. The van der Waals surface area contributed by atoms with Crippen molar-refractivity contribution in [1.82, 2.24) is 15.2 Å². The van der Waals surface area contributed by atoms with E-state index in [1.807, 2.05) is 11.4 Å². The van der Waals surface area contributed by atoms with Crippen LogP contribution in [0.2, 0.25) is 0 Å². The zero-order chi connectivity index (χ0) is 16.4. The fraction of sp³-hybridized carbons (Fsp3) is 0.438. The molecule has 0 radical (unpaired) electrons. The van der Waals surface area contributed by atoms with Crippen LogP contribution in [0, 0.1) is 10.1 Å². The average molecular weight is 332 g/mol. The number of non-ortho nitro benzene ring substituents is 1. The molecule has 6 nitrogen and oxygen atoms in total. The summed E-state index contributed by atoms with van der Waals surface area (Å²) in [7, 11) is 0. The molecule has 122 valence electrons. The summed E-state index contributed by atoms with van der Waals surface area (Å²) in [6, 6.07) is 6.65. The molecule has 1 aliphatic rings. The SMILES string of the molecule is CC1(C)CN(Cc2csc(-c3cccc([N+](=O)[O-])c3)n2)CCN1. The monoisotopic (exact) mass is 332 g/mol. The number of rotatable bonds is 4. The van der Waals surface area contributed by atoms with E-state index in [0.29, 0.717) is 0 Å². The minimum Gasteiger partial charge on any atom is -0.309 e. The van der Waals surface area contributed by atoms with Crippen molar-refractivity contribution < 1.29 is 4.92 Å². The van der Waals surface area contributed by atoms with Crippen LogP contribution in [0.3, 0.4) is 0 Å². The van der Waals surface area contributed by atoms with Crippen LogP contribution in [-0.2, 0) is 6.54 Å². The van der Waals surface area contributed by atoms with Crippen LogP contribution in [0.4, 0.5) is 5.69 Å². The first-order chi connectivity index (χ1) is 10.9. The normalized spacial score (nSPS) is 18.0. The molecule has 0 aliphatic carbocycles. The fourth-order valence-electron chi connectivity index (χ4n) is 2.88. The number of nitro benzene ring substituents is 1. The van der Waals surface area contributed by atoms with Crippen molar-refractivity contribution in [3.63, 3.8) is 0 Å². The first-order valence-corrected chi connectivity index (χ1v) is 8.47. The van der Waals surface area contributed by atoms with E-state index < -0.39 is 0 Å². The van der Waals surface area contributed by atoms with Crippen molar-refractivity contribution in [3.05, 3.63) is 45.5 Å². The molecule has 2 aromatic rings. The molecule has 0 unspecified atom stereocenters. The maximum Gasteiger partial charge on any atom is 0.270 e. The van der Waals surface area contributed by atoms with Gasteiger partial charge in [0.2, 0.25) is 0 Å². The third-order valence-corrected chi connectivity index (χ3v) is 4.83. The van der Waals surface area contributed by atoms with Crippen LogP contribution in [0.5, 0.6) is 0 Å². The van der Waals surface area contributed by atoms with Crippen molar-refractivity contribution in [1.29, 1.82) is 0 Å². The number of nitrogens with one attached hydrogen (secondary N) is 1. The van der Waals surface area contributed by atoms with E-state index in [9.17, 15) is 10.1 Å². The zero-order valence-corrected chi connectivity index (χ0v) is 14.1. The molecule has 7 heteroatoms. The third kappa shape index (κ3) is 3.93. The molecule has 1 saturated heterocycles. The van der Waals surface area contributed by atoms with Gasteiger partial charge in [0.15, 0.2) is 0 Å². The first kappa shape index (κ1) is 16.0. The van der Waals surface area contributed by atoms with Gasteiger partial charge in [-0.25, -0.2) is 4.98 Å². The predicted molar refractivity (Wildman–Crippen MR) is 91.6 cm³/mol. The molecule has 23 heavy (non-hydrogen) atoms. The second-order valence-corrected chi connectivity index (χ2v) is 7.33. The highest BCUT2D eigenvalue weighted by atomic mass is 32.1. The Labute approximate surface area is 139 Å². The van der Waals surface area contributed by atoms with E-state index in [0.717, 1.165) is 42.4 Å². The van der Waals surface area contributed by atoms with Gasteiger partial charge in [0.05, 0.1) is 10.6 Å². The molecule has 0 saturated carbocycles. The lowest BCUT2D eigenvalue weighted by Crippen LogP contribution is -2.56. The van der Waals surface area contributed by atoms with Gasteiger partial charge in [-0.3, -0.25) is 15.0 Å². The van der Waals surface area contributed by atoms with Crippen LogP contribution in [0.15, 0.2) is 29.6 Å². The van der Waals surface area contributed by atoms with Gasteiger partial charge in [0, 0.05) is 54.8 Å². The molecular weight excluding hydrogens is 312 g/mol. The predicted octanol–water partition coefficient (Wildman–Crippen LogP) is 2.90. The maximum absolute atomic E-state index is 10.9. The van der Waals surface area contributed by atoms with Gasteiger partial charge in [0.25, 0.3) is 5.69 Å². The molecule has 0 bridgehead atoms. The molecule has 0 amide bonds. The highest BCUT2D eigenvalue weighted by molar-refractivity contribution is 7.13. The summed E-state index contributed by atoms with van der Waals surface area (Å²) < 4.78 is 0. The van der Waals surface area contributed by atoms with Gasteiger partial charge in [-0.1, -0.05) is 12.1 Å². The molecule has 1 aliphatic heterocycles. The Balaban J connectivity index is 1.73. The second kappa shape index (κ2) is 6.35. The quantitative estimate of drug-likeness (QED) is 0.688. The molecule has 1 N–H and O–H groups in total. The Morgan fingerprint density at radius 1 is 1.48 bits per heavy atom. The average Bonchev–Trinajstić information content (AvgIpc) is 2.95. The summed E-state index contributed by atoms with van der Waals surface area (Å²) in [6.45, 7) is 8.19. The minimum atomic E-state index is -0.374. The van der Waals surface area contributed by atoms with Crippen molar-refractivity contribution in [2.24, 2.45) is 0 Å². The Morgan fingerprint density at radius 2 is 2.30 bits per heavy atom. The van der Waals surface area contributed by atoms with Gasteiger partial charge in [-0.05, 0) is 13.8 Å². The van der Waals surface area contributed by atoms with E-state index >= 15 is 0 Å². The van der Waals surface area contributed by atoms with Crippen LogP contribution < -0.4 is 5.32 Å². The summed E-state index contributed by atoms with van der Waals surface area (Å²) in [5, 5.41) is 17.3. The summed E-state index contributed by atoms with van der Waals surface area (Å²) in [5.41, 5.74) is 2.05. The zero-order valence-electron chi connectivity index (χ0n) is 13.3.